The van der Waals surface area contributed by atoms with Gasteiger partial charge in [0, 0.05) is 6.04 Å². The van der Waals surface area contributed by atoms with Crippen LogP contribution in [-0.4, -0.2) is 6.04 Å². The van der Waals surface area contributed by atoms with Crippen molar-refractivity contribution in [3.05, 3.63) is 33.5 Å². The summed E-state index contributed by atoms with van der Waals surface area (Å²) in [6.07, 6.45) is 0.782. The van der Waals surface area contributed by atoms with Crippen molar-refractivity contribution >= 4 is 15.9 Å². The topological polar surface area (TPSA) is 26.0 Å². The van der Waals surface area contributed by atoms with E-state index in [-0.39, 0.29) is 11.9 Å². The Morgan fingerprint density at radius 1 is 1.54 bits per heavy atom. The van der Waals surface area contributed by atoms with Crippen LogP contribution in [0.1, 0.15) is 18.1 Å². The summed E-state index contributed by atoms with van der Waals surface area (Å²) < 4.78 is 13.5. The molecule has 13 heavy (non-hydrogen) atoms. The van der Waals surface area contributed by atoms with Gasteiger partial charge in [-0.15, -0.1) is 0 Å². The van der Waals surface area contributed by atoms with Crippen LogP contribution in [0.5, 0.6) is 0 Å². The summed E-state index contributed by atoms with van der Waals surface area (Å²) in [5.74, 6) is -0.217. The molecule has 0 amide bonds. The molecule has 72 valence electrons. The standard InChI is InChI=1S/C10H13BrFN/c1-6-3-10(12)9(11)5-8(6)4-7(2)13/h3,5,7H,4,13H2,1-2H3. The lowest BCUT2D eigenvalue weighted by Gasteiger charge is -2.09. The second-order valence-corrected chi connectivity index (χ2v) is 4.23. The van der Waals surface area contributed by atoms with Gasteiger partial charge in [-0.2, -0.15) is 0 Å². The maximum atomic E-state index is 13.0. The highest BCUT2D eigenvalue weighted by molar-refractivity contribution is 9.10. The van der Waals surface area contributed by atoms with E-state index < -0.39 is 0 Å². The first kappa shape index (κ1) is 10.7. The molecule has 0 fully saturated rings. The van der Waals surface area contributed by atoms with Gasteiger partial charge >= 0.3 is 0 Å². The van der Waals surface area contributed by atoms with E-state index in [4.69, 9.17) is 5.73 Å². The van der Waals surface area contributed by atoms with Crippen LogP contribution in [0.25, 0.3) is 0 Å². The van der Waals surface area contributed by atoms with E-state index in [9.17, 15) is 4.39 Å². The fraction of sp³-hybridized carbons (Fsp3) is 0.400. The molecule has 1 aromatic rings. The lowest BCUT2D eigenvalue weighted by atomic mass is 10.0. The average molecular weight is 246 g/mol. The Morgan fingerprint density at radius 3 is 2.69 bits per heavy atom. The van der Waals surface area contributed by atoms with E-state index in [1.165, 1.54) is 6.07 Å². The van der Waals surface area contributed by atoms with E-state index in [0.29, 0.717) is 4.47 Å². The Bertz CT molecular complexity index is 310. The van der Waals surface area contributed by atoms with Gasteiger partial charge in [0.2, 0.25) is 0 Å². The van der Waals surface area contributed by atoms with Gasteiger partial charge in [0.15, 0.2) is 0 Å². The minimum absolute atomic E-state index is 0.107. The smallest absolute Gasteiger partial charge is 0.137 e. The molecule has 2 N–H and O–H groups in total. The highest BCUT2D eigenvalue weighted by Gasteiger charge is 2.06. The molecule has 1 atom stereocenters. The lowest BCUT2D eigenvalue weighted by Crippen LogP contribution is -2.18. The average Bonchev–Trinajstić information content (AvgIpc) is 1.99. The molecule has 1 unspecified atom stereocenters. The van der Waals surface area contributed by atoms with Gasteiger partial charge in [0.25, 0.3) is 0 Å². The van der Waals surface area contributed by atoms with E-state index >= 15 is 0 Å². The fourth-order valence-electron chi connectivity index (χ4n) is 1.25. The van der Waals surface area contributed by atoms with Crippen LogP contribution >= 0.6 is 15.9 Å². The van der Waals surface area contributed by atoms with E-state index in [0.717, 1.165) is 17.5 Å². The van der Waals surface area contributed by atoms with Crippen molar-refractivity contribution in [2.24, 2.45) is 5.73 Å². The third-order valence-electron chi connectivity index (χ3n) is 1.92. The minimum atomic E-state index is -0.217. The van der Waals surface area contributed by atoms with Crippen molar-refractivity contribution < 1.29 is 4.39 Å². The molecule has 0 heterocycles. The second kappa shape index (κ2) is 4.20. The fourth-order valence-corrected chi connectivity index (χ4v) is 1.65. The molecule has 0 spiro atoms. The molecule has 0 aliphatic rings. The van der Waals surface area contributed by atoms with Crippen molar-refractivity contribution in [3.63, 3.8) is 0 Å². The van der Waals surface area contributed by atoms with Crippen LogP contribution in [0.3, 0.4) is 0 Å². The Balaban J connectivity index is 3.01. The maximum Gasteiger partial charge on any atom is 0.137 e. The van der Waals surface area contributed by atoms with Crippen molar-refractivity contribution in [3.8, 4) is 0 Å². The van der Waals surface area contributed by atoms with Crippen LogP contribution in [0, 0.1) is 12.7 Å². The summed E-state index contributed by atoms with van der Waals surface area (Å²) in [4.78, 5) is 0. The number of benzene rings is 1. The van der Waals surface area contributed by atoms with Crippen molar-refractivity contribution in [2.45, 2.75) is 26.3 Å². The van der Waals surface area contributed by atoms with Gasteiger partial charge in [-0.1, -0.05) is 0 Å². The Morgan fingerprint density at radius 2 is 2.15 bits per heavy atom. The first-order chi connectivity index (χ1) is 6.00. The van der Waals surface area contributed by atoms with Crippen LogP contribution < -0.4 is 5.73 Å². The quantitative estimate of drug-likeness (QED) is 0.853. The predicted molar refractivity (Wildman–Crippen MR) is 56.2 cm³/mol. The van der Waals surface area contributed by atoms with Crippen molar-refractivity contribution in [2.75, 3.05) is 0 Å². The van der Waals surface area contributed by atoms with Crippen molar-refractivity contribution in [1.29, 1.82) is 0 Å². The summed E-state index contributed by atoms with van der Waals surface area (Å²) in [5, 5.41) is 0. The maximum absolute atomic E-state index is 13.0. The van der Waals surface area contributed by atoms with E-state index in [1.54, 1.807) is 6.07 Å². The highest BCUT2D eigenvalue weighted by atomic mass is 79.9. The zero-order valence-electron chi connectivity index (χ0n) is 7.77. The van der Waals surface area contributed by atoms with Crippen LogP contribution in [0.2, 0.25) is 0 Å². The zero-order valence-corrected chi connectivity index (χ0v) is 9.36. The summed E-state index contributed by atoms with van der Waals surface area (Å²) in [7, 11) is 0. The molecular formula is C10H13BrFN. The molecule has 3 heteroatoms. The Hall–Kier alpha value is -0.410. The van der Waals surface area contributed by atoms with E-state index in [2.05, 4.69) is 15.9 Å². The highest BCUT2D eigenvalue weighted by Crippen LogP contribution is 2.21. The van der Waals surface area contributed by atoms with Crippen LogP contribution in [0.15, 0.2) is 16.6 Å². The molecule has 0 radical (unpaired) electrons. The minimum Gasteiger partial charge on any atom is -0.328 e. The number of nitrogens with two attached hydrogens (primary N) is 1. The third-order valence-corrected chi connectivity index (χ3v) is 2.53. The molecule has 0 saturated heterocycles. The first-order valence-electron chi connectivity index (χ1n) is 4.21. The van der Waals surface area contributed by atoms with Crippen LogP contribution in [0.4, 0.5) is 4.39 Å². The number of halogens is 2. The Kier molecular flexibility index (Phi) is 3.45. The van der Waals surface area contributed by atoms with Crippen LogP contribution in [-0.2, 0) is 6.42 Å². The van der Waals surface area contributed by atoms with Gasteiger partial charge in [-0.25, -0.2) is 4.39 Å². The first-order valence-corrected chi connectivity index (χ1v) is 5.00. The number of rotatable bonds is 2. The number of hydrogen-bond acceptors (Lipinski definition) is 1. The summed E-state index contributed by atoms with van der Waals surface area (Å²) in [5.41, 5.74) is 7.73. The SMILES string of the molecule is Cc1cc(F)c(Br)cc1CC(C)N. The molecule has 0 aliphatic carbocycles. The number of hydrogen-bond donors (Lipinski definition) is 1. The van der Waals surface area contributed by atoms with Gasteiger partial charge in [0.05, 0.1) is 4.47 Å². The van der Waals surface area contributed by atoms with E-state index in [1.807, 2.05) is 13.8 Å². The van der Waals surface area contributed by atoms with Gasteiger partial charge in [-0.3, -0.25) is 0 Å². The third kappa shape index (κ3) is 2.78. The summed E-state index contributed by atoms with van der Waals surface area (Å²) >= 11 is 3.15. The van der Waals surface area contributed by atoms with Gasteiger partial charge in [0.1, 0.15) is 5.82 Å². The molecule has 0 aliphatic heterocycles. The molecular weight excluding hydrogens is 233 g/mol. The second-order valence-electron chi connectivity index (χ2n) is 3.37. The normalized spacial score (nSPS) is 13.0. The zero-order chi connectivity index (χ0) is 10.0. The Labute approximate surface area is 86.3 Å². The van der Waals surface area contributed by atoms with Crippen molar-refractivity contribution in [1.82, 2.24) is 0 Å². The monoisotopic (exact) mass is 245 g/mol. The predicted octanol–water partition coefficient (Wildman–Crippen LogP) is 2.79. The summed E-state index contributed by atoms with van der Waals surface area (Å²) in [6.45, 7) is 3.84. The molecule has 1 rings (SSSR count). The molecule has 1 nitrogen and oxygen atoms in total. The molecule has 0 aromatic heterocycles. The molecule has 1 aromatic carbocycles. The largest absolute Gasteiger partial charge is 0.328 e. The summed E-state index contributed by atoms with van der Waals surface area (Å²) in [6, 6.07) is 3.44. The molecule has 0 bridgehead atoms. The van der Waals surface area contributed by atoms with Gasteiger partial charge < -0.3 is 5.73 Å². The molecule has 0 saturated carbocycles. The van der Waals surface area contributed by atoms with Gasteiger partial charge in [-0.05, 0) is 59.5 Å². The number of aryl methyl sites for hydroxylation is 1. The lowest BCUT2D eigenvalue weighted by molar-refractivity contribution is 0.617.